The fourth-order valence-corrected chi connectivity index (χ4v) is 2.97. The minimum Gasteiger partial charge on any atom is -0.378 e. The largest absolute Gasteiger partial charge is 0.378 e. The summed E-state index contributed by atoms with van der Waals surface area (Å²) in [5.41, 5.74) is 0. The Hall–Kier alpha value is -0.610. The molecule has 0 aromatic rings. The van der Waals surface area contributed by atoms with Crippen molar-refractivity contribution in [3.05, 3.63) is 0 Å². The molecule has 2 aliphatic rings. The monoisotopic (exact) mass is 254 g/mol. The zero-order valence-corrected chi connectivity index (χ0v) is 11.5. The van der Waals surface area contributed by atoms with Gasteiger partial charge in [0.05, 0.1) is 13.2 Å². The van der Waals surface area contributed by atoms with Crippen LogP contribution in [0.5, 0.6) is 0 Å². The second-order valence-electron chi connectivity index (χ2n) is 5.67. The van der Waals surface area contributed by atoms with Crippen molar-refractivity contribution in [3.8, 4) is 0 Å². The third kappa shape index (κ3) is 4.25. The minimum atomic E-state index is 0.273. The van der Waals surface area contributed by atoms with Gasteiger partial charge in [0.2, 0.25) is 5.91 Å². The van der Waals surface area contributed by atoms with Gasteiger partial charge in [-0.15, -0.1) is 0 Å². The Morgan fingerprint density at radius 1 is 1.33 bits per heavy atom. The lowest BCUT2D eigenvalue weighted by molar-refractivity contribution is -0.135. The quantitative estimate of drug-likeness (QED) is 0.824. The summed E-state index contributed by atoms with van der Waals surface area (Å²) < 4.78 is 5.25. The van der Waals surface area contributed by atoms with Crippen LogP contribution in [-0.2, 0) is 9.53 Å². The molecule has 1 heterocycles. The van der Waals surface area contributed by atoms with Gasteiger partial charge >= 0.3 is 0 Å². The van der Waals surface area contributed by atoms with Crippen molar-refractivity contribution >= 4 is 5.91 Å². The molecule has 0 aromatic carbocycles. The first-order chi connectivity index (χ1) is 8.75. The molecule has 1 saturated heterocycles. The Morgan fingerprint density at radius 3 is 2.83 bits per heavy atom. The van der Waals surface area contributed by atoms with E-state index in [0.29, 0.717) is 25.7 Å². The van der Waals surface area contributed by atoms with E-state index in [4.69, 9.17) is 4.74 Å². The summed E-state index contributed by atoms with van der Waals surface area (Å²) in [6.07, 6.45) is 5.87. The highest BCUT2D eigenvalue weighted by atomic mass is 16.5. The van der Waals surface area contributed by atoms with Gasteiger partial charge in [-0.1, -0.05) is 19.8 Å². The summed E-state index contributed by atoms with van der Waals surface area (Å²) >= 11 is 0. The van der Waals surface area contributed by atoms with Gasteiger partial charge in [0.1, 0.15) is 0 Å². The van der Waals surface area contributed by atoms with Gasteiger partial charge in [0, 0.05) is 32.1 Å². The maximum Gasteiger partial charge on any atom is 0.224 e. The van der Waals surface area contributed by atoms with E-state index in [-0.39, 0.29) is 5.91 Å². The molecule has 2 rings (SSSR count). The van der Waals surface area contributed by atoms with Crippen LogP contribution in [0.4, 0.5) is 0 Å². The average Bonchev–Trinajstić information content (AvgIpc) is 2.40. The number of carbonyl (C=O) groups excluding carboxylic acids is 1. The van der Waals surface area contributed by atoms with Gasteiger partial charge < -0.3 is 15.0 Å². The van der Waals surface area contributed by atoms with E-state index in [1.165, 1.54) is 25.7 Å². The van der Waals surface area contributed by atoms with Crippen LogP contribution in [0.25, 0.3) is 0 Å². The molecule has 2 atom stereocenters. The van der Waals surface area contributed by atoms with E-state index in [9.17, 15) is 4.79 Å². The number of hydrogen-bond donors (Lipinski definition) is 1. The van der Waals surface area contributed by atoms with Crippen LogP contribution in [0.2, 0.25) is 0 Å². The van der Waals surface area contributed by atoms with Crippen molar-refractivity contribution in [3.63, 3.8) is 0 Å². The van der Waals surface area contributed by atoms with E-state index in [1.54, 1.807) is 0 Å². The second-order valence-corrected chi connectivity index (χ2v) is 5.67. The second kappa shape index (κ2) is 7.10. The number of amides is 1. The van der Waals surface area contributed by atoms with Gasteiger partial charge in [-0.05, 0) is 18.8 Å². The van der Waals surface area contributed by atoms with Crippen LogP contribution >= 0.6 is 0 Å². The smallest absolute Gasteiger partial charge is 0.224 e. The summed E-state index contributed by atoms with van der Waals surface area (Å²) in [5.74, 6) is 1.11. The van der Waals surface area contributed by atoms with E-state index >= 15 is 0 Å². The third-order valence-corrected chi connectivity index (χ3v) is 4.07. The molecular formula is C14H26N2O2. The van der Waals surface area contributed by atoms with Gasteiger partial charge in [-0.25, -0.2) is 0 Å². The van der Waals surface area contributed by atoms with E-state index in [1.807, 2.05) is 4.90 Å². The van der Waals surface area contributed by atoms with Crippen molar-refractivity contribution in [2.75, 3.05) is 32.8 Å². The summed E-state index contributed by atoms with van der Waals surface area (Å²) in [6, 6.07) is 0.631. The van der Waals surface area contributed by atoms with Gasteiger partial charge in [0.25, 0.3) is 0 Å². The number of ether oxygens (including phenoxy) is 1. The fourth-order valence-electron chi connectivity index (χ4n) is 2.97. The molecule has 0 bridgehead atoms. The van der Waals surface area contributed by atoms with Crippen LogP contribution < -0.4 is 5.32 Å². The Balaban J connectivity index is 1.60. The van der Waals surface area contributed by atoms with Crippen LogP contribution in [0.15, 0.2) is 0 Å². The maximum atomic E-state index is 11.9. The molecule has 0 radical (unpaired) electrons. The van der Waals surface area contributed by atoms with Crippen LogP contribution in [0.1, 0.15) is 39.0 Å². The maximum absolute atomic E-state index is 11.9. The lowest BCUT2D eigenvalue weighted by Crippen LogP contribution is -2.42. The fraction of sp³-hybridized carbons (Fsp3) is 0.929. The average molecular weight is 254 g/mol. The van der Waals surface area contributed by atoms with E-state index in [0.717, 1.165) is 25.6 Å². The molecule has 2 unspecified atom stereocenters. The number of nitrogens with zero attached hydrogens (tertiary/aromatic N) is 1. The number of nitrogens with one attached hydrogen (secondary N) is 1. The van der Waals surface area contributed by atoms with Gasteiger partial charge in [-0.3, -0.25) is 4.79 Å². The molecule has 1 aliphatic heterocycles. The molecule has 4 heteroatoms. The van der Waals surface area contributed by atoms with Crippen molar-refractivity contribution in [2.24, 2.45) is 5.92 Å². The molecular weight excluding hydrogens is 228 g/mol. The zero-order chi connectivity index (χ0) is 12.8. The number of carbonyl (C=O) groups is 1. The summed E-state index contributed by atoms with van der Waals surface area (Å²) in [5, 5.41) is 3.54. The molecule has 1 amide bonds. The number of hydrogen-bond acceptors (Lipinski definition) is 3. The van der Waals surface area contributed by atoms with Gasteiger partial charge in [0.15, 0.2) is 0 Å². The van der Waals surface area contributed by atoms with E-state index in [2.05, 4.69) is 12.2 Å². The highest BCUT2D eigenvalue weighted by Gasteiger charge is 2.20. The van der Waals surface area contributed by atoms with Crippen LogP contribution in [0.3, 0.4) is 0 Å². The highest BCUT2D eigenvalue weighted by Crippen LogP contribution is 2.23. The first-order valence-electron chi connectivity index (χ1n) is 7.34. The normalized spacial score (nSPS) is 29.3. The molecule has 2 fully saturated rings. The van der Waals surface area contributed by atoms with Crippen molar-refractivity contribution in [2.45, 2.75) is 45.1 Å². The molecule has 1 N–H and O–H groups in total. The van der Waals surface area contributed by atoms with Crippen LogP contribution in [0, 0.1) is 5.92 Å². The standard InChI is InChI=1S/C14H26N2O2/c1-12-3-2-4-13(11-12)15-6-5-14(17)16-7-9-18-10-8-16/h12-13,15H,2-11H2,1H3. The molecule has 0 aromatic heterocycles. The Morgan fingerprint density at radius 2 is 2.11 bits per heavy atom. The molecule has 1 aliphatic carbocycles. The molecule has 4 nitrogen and oxygen atoms in total. The highest BCUT2D eigenvalue weighted by molar-refractivity contribution is 5.76. The van der Waals surface area contributed by atoms with Crippen molar-refractivity contribution in [1.82, 2.24) is 10.2 Å². The minimum absolute atomic E-state index is 0.273. The number of morpholine rings is 1. The zero-order valence-electron chi connectivity index (χ0n) is 11.5. The Labute approximate surface area is 110 Å². The van der Waals surface area contributed by atoms with Gasteiger partial charge in [-0.2, -0.15) is 0 Å². The van der Waals surface area contributed by atoms with Crippen LogP contribution in [-0.4, -0.2) is 49.7 Å². The number of rotatable bonds is 4. The summed E-state index contributed by atoms with van der Waals surface area (Å²) in [7, 11) is 0. The topological polar surface area (TPSA) is 41.6 Å². The lowest BCUT2D eigenvalue weighted by Gasteiger charge is -2.29. The first-order valence-corrected chi connectivity index (χ1v) is 7.34. The molecule has 0 spiro atoms. The summed E-state index contributed by atoms with van der Waals surface area (Å²) in [6.45, 7) is 6.07. The molecule has 18 heavy (non-hydrogen) atoms. The first kappa shape index (κ1) is 13.8. The Bertz CT molecular complexity index is 265. The predicted molar refractivity (Wildman–Crippen MR) is 71.4 cm³/mol. The SMILES string of the molecule is CC1CCCC(NCCC(=O)N2CCOCC2)C1. The lowest BCUT2D eigenvalue weighted by atomic mass is 9.87. The third-order valence-electron chi connectivity index (χ3n) is 4.07. The molecule has 104 valence electrons. The predicted octanol–water partition coefficient (Wildman–Crippen LogP) is 1.40. The Kier molecular flexibility index (Phi) is 5.45. The molecule has 1 saturated carbocycles. The summed E-state index contributed by atoms with van der Waals surface area (Å²) in [4.78, 5) is 13.9. The van der Waals surface area contributed by atoms with E-state index < -0.39 is 0 Å². The van der Waals surface area contributed by atoms with Crippen molar-refractivity contribution < 1.29 is 9.53 Å². The van der Waals surface area contributed by atoms with Crippen molar-refractivity contribution in [1.29, 1.82) is 0 Å².